The molecule has 1 aliphatic rings. The zero-order chi connectivity index (χ0) is 16.8. The van der Waals surface area contributed by atoms with Gasteiger partial charge in [0.15, 0.2) is 11.8 Å². The van der Waals surface area contributed by atoms with E-state index in [4.69, 9.17) is 9.05 Å². The number of hydrogen-bond donors (Lipinski definition) is 1. The highest BCUT2D eigenvalue weighted by molar-refractivity contribution is 14.0. The molecule has 0 bridgehead atoms. The predicted molar refractivity (Wildman–Crippen MR) is 103 cm³/mol. The molecule has 0 atom stereocenters. The van der Waals surface area contributed by atoms with Crippen LogP contribution in [0.5, 0.6) is 0 Å². The number of nitrogens with zero attached hydrogens (tertiary/aromatic N) is 6. The highest BCUT2D eigenvalue weighted by Crippen LogP contribution is 2.07. The van der Waals surface area contributed by atoms with E-state index in [0.29, 0.717) is 24.7 Å². The molecule has 3 rings (SSSR count). The first-order valence-corrected chi connectivity index (χ1v) is 8.11. The summed E-state index contributed by atoms with van der Waals surface area (Å²) in [5.41, 5.74) is 0.973. The van der Waals surface area contributed by atoms with Crippen LogP contribution in [0.4, 0.5) is 0 Å². The Morgan fingerprint density at radius 3 is 2.68 bits per heavy atom. The van der Waals surface area contributed by atoms with Gasteiger partial charge in [0.2, 0.25) is 5.89 Å². The molecule has 0 amide bonds. The second-order valence-electron chi connectivity index (χ2n) is 5.71. The van der Waals surface area contributed by atoms with Gasteiger partial charge in [0.05, 0.1) is 5.69 Å². The van der Waals surface area contributed by atoms with E-state index >= 15 is 0 Å². The summed E-state index contributed by atoms with van der Waals surface area (Å²) in [5, 5.41) is 11.1. The first kappa shape index (κ1) is 19.6. The Morgan fingerprint density at radius 2 is 2.08 bits per heavy atom. The summed E-state index contributed by atoms with van der Waals surface area (Å²) in [5.74, 6) is 2.22. The lowest BCUT2D eigenvalue weighted by atomic mass is 10.3. The Kier molecular flexibility index (Phi) is 7.62. The molecular formula is C15H24IN7O2. The van der Waals surface area contributed by atoms with Crippen LogP contribution in [0.25, 0.3) is 0 Å². The van der Waals surface area contributed by atoms with Gasteiger partial charge in [-0.15, -0.1) is 24.0 Å². The van der Waals surface area contributed by atoms with Crippen molar-refractivity contribution in [1.82, 2.24) is 30.4 Å². The molecule has 1 saturated heterocycles. The molecular weight excluding hydrogens is 437 g/mol. The van der Waals surface area contributed by atoms with Crippen LogP contribution >= 0.6 is 24.0 Å². The molecule has 0 radical (unpaired) electrons. The molecule has 0 aliphatic carbocycles. The molecule has 0 aromatic carbocycles. The van der Waals surface area contributed by atoms with E-state index < -0.39 is 0 Å². The van der Waals surface area contributed by atoms with E-state index in [1.165, 1.54) is 0 Å². The maximum absolute atomic E-state index is 5.11. The molecule has 3 heterocycles. The average Bonchev–Trinajstić information content (AvgIpc) is 3.24. The van der Waals surface area contributed by atoms with Crippen LogP contribution in [0.15, 0.2) is 26.4 Å². The zero-order valence-electron chi connectivity index (χ0n) is 14.5. The number of rotatable bonds is 5. The van der Waals surface area contributed by atoms with Crippen molar-refractivity contribution in [3.63, 3.8) is 0 Å². The van der Waals surface area contributed by atoms with Crippen molar-refractivity contribution >= 4 is 29.9 Å². The Hall–Kier alpha value is -1.69. The fourth-order valence-electron chi connectivity index (χ4n) is 2.72. The summed E-state index contributed by atoms with van der Waals surface area (Å²) < 4.78 is 10.00. The maximum atomic E-state index is 5.11. The van der Waals surface area contributed by atoms with Crippen LogP contribution < -0.4 is 5.32 Å². The van der Waals surface area contributed by atoms with Gasteiger partial charge in [-0.25, -0.2) is 0 Å². The van der Waals surface area contributed by atoms with E-state index in [2.05, 4.69) is 35.4 Å². The van der Waals surface area contributed by atoms with E-state index in [1.807, 2.05) is 13.0 Å². The van der Waals surface area contributed by atoms with Crippen molar-refractivity contribution < 1.29 is 9.05 Å². The quantitative estimate of drug-likeness (QED) is 0.399. The second kappa shape index (κ2) is 9.70. The van der Waals surface area contributed by atoms with Crippen LogP contribution in [-0.2, 0) is 13.0 Å². The lowest BCUT2D eigenvalue weighted by molar-refractivity contribution is 0.169. The predicted octanol–water partition coefficient (Wildman–Crippen LogP) is 0.920. The molecule has 10 heteroatoms. The fraction of sp³-hybridized carbons (Fsp3) is 0.600. The number of aliphatic imine (C=N–C) groups is 1. The van der Waals surface area contributed by atoms with Gasteiger partial charge in [0, 0.05) is 58.8 Å². The summed E-state index contributed by atoms with van der Waals surface area (Å²) in [6, 6.07) is 1.91. The molecule has 0 unspecified atom stereocenters. The first-order chi connectivity index (χ1) is 11.7. The van der Waals surface area contributed by atoms with Gasteiger partial charge >= 0.3 is 0 Å². The number of guanidine groups is 1. The highest BCUT2D eigenvalue weighted by Gasteiger charge is 2.20. The smallest absolute Gasteiger partial charge is 0.228 e. The standard InChI is InChI=1S/C15H23N7O2.HI/c1-12-18-14(24-19-12)3-5-17-15(16-2)22-8-6-21(7-9-22)11-13-4-10-23-20-13;/h4,10H,3,5-9,11H2,1-2H3,(H,16,17);1H. The SMILES string of the molecule is CN=C(NCCc1nc(C)no1)N1CCN(Cc2ccon2)CC1.I. The molecule has 138 valence electrons. The van der Waals surface area contributed by atoms with Crippen molar-refractivity contribution in [1.29, 1.82) is 0 Å². The third kappa shape index (κ3) is 5.66. The van der Waals surface area contributed by atoms with Gasteiger partial charge < -0.3 is 19.3 Å². The normalized spacial score (nSPS) is 15.9. The minimum absolute atomic E-state index is 0. The Morgan fingerprint density at radius 1 is 1.28 bits per heavy atom. The van der Waals surface area contributed by atoms with Crippen LogP contribution in [0.3, 0.4) is 0 Å². The molecule has 9 nitrogen and oxygen atoms in total. The maximum Gasteiger partial charge on any atom is 0.228 e. The van der Waals surface area contributed by atoms with Gasteiger partial charge in [-0.3, -0.25) is 9.89 Å². The van der Waals surface area contributed by atoms with Gasteiger partial charge in [-0.2, -0.15) is 4.98 Å². The Labute approximate surface area is 163 Å². The number of piperazine rings is 1. The summed E-state index contributed by atoms with van der Waals surface area (Å²) in [6.07, 6.45) is 2.30. The van der Waals surface area contributed by atoms with E-state index in [0.717, 1.165) is 44.4 Å². The van der Waals surface area contributed by atoms with Crippen molar-refractivity contribution in [2.45, 2.75) is 19.9 Å². The molecule has 1 fully saturated rings. The molecule has 0 saturated carbocycles. The number of nitrogens with one attached hydrogen (secondary N) is 1. The zero-order valence-corrected chi connectivity index (χ0v) is 16.8. The van der Waals surface area contributed by atoms with Crippen molar-refractivity contribution in [2.24, 2.45) is 4.99 Å². The molecule has 1 aliphatic heterocycles. The Bertz CT molecular complexity index is 651. The van der Waals surface area contributed by atoms with E-state index in [1.54, 1.807) is 13.3 Å². The van der Waals surface area contributed by atoms with Crippen molar-refractivity contribution in [3.8, 4) is 0 Å². The molecule has 1 N–H and O–H groups in total. The highest BCUT2D eigenvalue weighted by atomic mass is 127. The molecule has 0 spiro atoms. The fourth-order valence-corrected chi connectivity index (χ4v) is 2.72. The number of hydrogen-bond acceptors (Lipinski definition) is 7. The van der Waals surface area contributed by atoms with Crippen LogP contribution in [0.1, 0.15) is 17.4 Å². The molecule has 2 aromatic heterocycles. The third-order valence-corrected chi connectivity index (χ3v) is 3.95. The largest absolute Gasteiger partial charge is 0.364 e. The van der Waals surface area contributed by atoms with Crippen LogP contribution in [0, 0.1) is 6.92 Å². The minimum atomic E-state index is 0. The van der Waals surface area contributed by atoms with Gasteiger partial charge in [0.1, 0.15) is 6.26 Å². The summed E-state index contributed by atoms with van der Waals surface area (Å²) in [6.45, 7) is 7.15. The number of aromatic nitrogens is 3. The van der Waals surface area contributed by atoms with Gasteiger partial charge in [0.25, 0.3) is 0 Å². The van der Waals surface area contributed by atoms with Crippen LogP contribution in [0.2, 0.25) is 0 Å². The average molecular weight is 461 g/mol. The van der Waals surface area contributed by atoms with Crippen LogP contribution in [-0.4, -0.2) is 70.8 Å². The lowest BCUT2D eigenvalue weighted by Gasteiger charge is -2.36. The monoisotopic (exact) mass is 461 g/mol. The van der Waals surface area contributed by atoms with Gasteiger partial charge in [-0.05, 0) is 6.92 Å². The van der Waals surface area contributed by atoms with E-state index in [-0.39, 0.29) is 24.0 Å². The first-order valence-electron chi connectivity index (χ1n) is 8.11. The Balaban J connectivity index is 0.00000225. The summed E-state index contributed by atoms with van der Waals surface area (Å²) in [7, 11) is 1.81. The third-order valence-electron chi connectivity index (χ3n) is 3.95. The topological polar surface area (TPSA) is 95.8 Å². The van der Waals surface area contributed by atoms with Gasteiger partial charge in [-0.1, -0.05) is 10.3 Å². The number of halogens is 1. The summed E-state index contributed by atoms with van der Waals surface area (Å²) >= 11 is 0. The molecule has 2 aromatic rings. The minimum Gasteiger partial charge on any atom is -0.364 e. The van der Waals surface area contributed by atoms with Crippen molar-refractivity contribution in [3.05, 3.63) is 29.7 Å². The summed E-state index contributed by atoms with van der Waals surface area (Å²) in [4.78, 5) is 13.2. The van der Waals surface area contributed by atoms with Crippen molar-refractivity contribution in [2.75, 3.05) is 39.8 Å². The van der Waals surface area contributed by atoms with E-state index in [9.17, 15) is 0 Å². The molecule has 25 heavy (non-hydrogen) atoms. The lowest BCUT2D eigenvalue weighted by Crippen LogP contribution is -2.52. The number of aryl methyl sites for hydroxylation is 1. The second-order valence-corrected chi connectivity index (χ2v) is 5.71.